The lowest BCUT2D eigenvalue weighted by atomic mass is 10.2. The van der Waals surface area contributed by atoms with Gasteiger partial charge in [0.2, 0.25) is 0 Å². The third kappa shape index (κ3) is 4.69. The summed E-state index contributed by atoms with van der Waals surface area (Å²) in [7, 11) is 6.39. The Kier molecular flexibility index (Phi) is 6.75. The lowest BCUT2D eigenvalue weighted by molar-refractivity contribution is -0.00000277. The number of hydrogen-bond donors (Lipinski definition) is 1. The van der Waals surface area contributed by atoms with Gasteiger partial charge in [0.25, 0.3) is 0 Å². The van der Waals surface area contributed by atoms with Crippen LogP contribution < -0.4 is 34.2 Å². The molecule has 0 aliphatic carbocycles. The fourth-order valence-electron chi connectivity index (χ4n) is 0.922. The second-order valence-electron chi connectivity index (χ2n) is 3.60. The third-order valence-corrected chi connectivity index (χ3v) is 1.67. The zero-order valence-electron chi connectivity index (χ0n) is 8.12. The highest BCUT2D eigenvalue weighted by Gasteiger charge is 2.09. The highest BCUT2D eigenvalue weighted by atomic mass is 127. The summed E-state index contributed by atoms with van der Waals surface area (Å²) < 4.78 is 0.834. The average Bonchev–Trinajstić information content (AvgIpc) is 1.86. The van der Waals surface area contributed by atoms with Crippen LogP contribution in [0.5, 0.6) is 0 Å². The first kappa shape index (κ1) is 15.5. The first-order valence-corrected chi connectivity index (χ1v) is 3.68. The topological polar surface area (TPSA) is 26.0 Å². The predicted molar refractivity (Wildman–Crippen MR) is 57.7 cm³/mol. The molecular formula is C9H16ClIN2. The van der Waals surface area contributed by atoms with E-state index >= 15 is 0 Å². The fourth-order valence-corrected chi connectivity index (χ4v) is 0.922. The maximum Gasteiger partial charge on any atom is 0.132 e. The van der Waals surface area contributed by atoms with Crippen molar-refractivity contribution in [1.29, 1.82) is 0 Å². The Labute approximate surface area is 103 Å². The van der Waals surface area contributed by atoms with Crippen LogP contribution in [0.4, 0.5) is 11.4 Å². The fraction of sp³-hybridized carbons (Fsp3) is 0.333. The first-order valence-electron chi connectivity index (χ1n) is 3.68. The molecular weight excluding hydrogens is 298 g/mol. The van der Waals surface area contributed by atoms with Gasteiger partial charge < -0.3 is 29.7 Å². The molecule has 0 bridgehead atoms. The van der Waals surface area contributed by atoms with Crippen LogP contribution in [0.15, 0.2) is 24.3 Å². The van der Waals surface area contributed by atoms with Gasteiger partial charge in [-0.05, 0) is 12.1 Å². The largest absolute Gasteiger partial charge is 1.00 e. The SMILES string of the molecule is C[N+](C)(C)c1ccc(N)cc1.Cl.[I-]. The van der Waals surface area contributed by atoms with Crippen LogP contribution in [-0.4, -0.2) is 21.1 Å². The molecule has 2 N–H and O–H groups in total. The molecule has 0 saturated heterocycles. The van der Waals surface area contributed by atoms with E-state index in [0.717, 1.165) is 10.2 Å². The van der Waals surface area contributed by atoms with Crippen molar-refractivity contribution in [1.82, 2.24) is 4.48 Å². The number of halogens is 2. The summed E-state index contributed by atoms with van der Waals surface area (Å²) in [4.78, 5) is 0. The smallest absolute Gasteiger partial charge is 0.132 e. The lowest BCUT2D eigenvalue weighted by Gasteiger charge is -2.23. The van der Waals surface area contributed by atoms with Gasteiger partial charge in [0, 0.05) is 17.8 Å². The molecule has 0 saturated carbocycles. The molecule has 1 aromatic rings. The summed E-state index contributed by atoms with van der Waals surface area (Å²) in [5, 5.41) is 0. The van der Waals surface area contributed by atoms with Gasteiger partial charge in [-0.3, -0.25) is 4.48 Å². The van der Waals surface area contributed by atoms with E-state index in [0.29, 0.717) is 0 Å². The van der Waals surface area contributed by atoms with Crippen molar-refractivity contribution in [2.24, 2.45) is 0 Å². The number of anilines is 1. The van der Waals surface area contributed by atoms with Crippen LogP contribution in [0.1, 0.15) is 0 Å². The summed E-state index contributed by atoms with van der Waals surface area (Å²) in [6.45, 7) is 0. The molecule has 0 aliphatic rings. The summed E-state index contributed by atoms with van der Waals surface area (Å²) in [6, 6.07) is 7.96. The Hall–Kier alpha value is 0. The van der Waals surface area contributed by atoms with E-state index in [9.17, 15) is 0 Å². The van der Waals surface area contributed by atoms with Crippen LogP contribution in [0.25, 0.3) is 0 Å². The lowest BCUT2D eigenvalue weighted by Crippen LogP contribution is -3.00. The second kappa shape index (κ2) is 5.67. The molecule has 0 fully saturated rings. The maximum absolute atomic E-state index is 5.56. The molecule has 76 valence electrons. The van der Waals surface area contributed by atoms with E-state index in [1.54, 1.807) is 0 Å². The van der Waals surface area contributed by atoms with Crippen molar-refractivity contribution in [3.63, 3.8) is 0 Å². The van der Waals surface area contributed by atoms with Crippen molar-refractivity contribution in [3.8, 4) is 0 Å². The number of rotatable bonds is 1. The van der Waals surface area contributed by atoms with E-state index in [1.807, 2.05) is 12.1 Å². The van der Waals surface area contributed by atoms with Crippen molar-refractivity contribution in [3.05, 3.63) is 24.3 Å². The number of quaternary nitrogens is 1. The van der Waals surface area contributed by atoms with Crippen molar-refractivity contribution >= 4 is 23.8 Å². The summed E-state index contributed by atoms with van der Waals surface area (Å²) in [5.41, 5.74) is 7.65. The quantitative estimate of drug-likeness (QED) is 0.397. The highest BCUT2D eigenvalue weighted by molar-refractivity contribution is 5.85. The van der Waals surface area contributed by atoms with Crippen molar-refractivity contribution in [2.45, 2.75) is 0 Å². The number of hydrogen-bond acceptors (Lipinski definition) is 1. The number of nitrogen functional groups attached to an aromatic ring is 1. The molecule has 0 aromatic heterocycles. The molecule has 0 unspecified atom stereocenters. The van der Waals surface area contributed by atoms with Gasteiger partial charge in [-0.2, -0.15) is 0 Å². The summed E-state index contributed by atoms with van der Waals surface area (Å²) >= 11 is 0. The Morgan fingerprint density at radius 1 is 1.00 bits per heavy atom. The Bertz CT molecular complexity index is 241. The highest BCUT2D eigenvalue weighted by Crippen LogP contribution is 2.17. The van der Waals surface area contributed by atoms with Crippen molar-refractivity contribution in [2.75, 3.05) is 26.9 Å². The van der Waals surface area contributed by atoms with Crippen LogP contribution in [0, 0.1) is 0 Å². The molecule has 0 heterocycles. The van der Waals surface area contributed by atoms with Gasteiger partial charge in [0.15, 0.2) is 0 Å². The Balaban J connectivity index is 0. The standard InChI is InChI=1S/C9H15N2.ClH.HI/c1-11(2,3)9-6-4-8(10)5-7-9;;/h4-7H,10H2,1-3H3;2*1H/q+1;;/p-1. The van der Waals surface area contributed by atoms with Gasteiger partial charge >= 0.3 is 0 Å². The van der Waals surface area contributed by atoms with Crippen LogP contribution in [0.2, 0.25) is 0 Å². The molecule has 0 spiro atoms. The molecule has 0 radical (unpaired) electrons. The van der Waals surface area contributed by atoms with Gasteiger partial charge in [-0.25, -0.2) is 0 Å². The van der Waals surface area contributed by atoms with Crippen LogP contribution in [-0.2, 0) is 0 Å². The Morgan fingerprint density at radius 2 is 1.38 bits per heavy atom. The molecule has 4 heteroatoms. The average molecular weight is 315 g/mol. The normalized spacial score (nSPS) is 9.77. The third-order valence-electron chi connectivity index (χ3n) is 1.67. The zero-order valence-corrected chi connectivity index (χ0v) is 11.1. The monoisotopic (exact) mass is 314 g/mol. The predicted octanol–water partition coefficient (Wildman–Crippen LogP) is -1.11. The van der Waals surface area contributed by atoms with Crippen LogP contribution >= 0.6 is 12.4 Å². The van der Waals surface area contributed by atoms with Gasteiger partial charge in [-0.1, -0.05) is 0 Å². The second-order valence-corrected chi connectivity index (χ2v) is 3.60. The summed E-state index contributed by atoms with van der Waals surface area (Å²) in [5.74, 6) is 0. The van der Waals surface area contributed by atoms with E-state index in [4.69, 9.17) is 5.73 Å². The number of nitrogens with zero attached hydrogens (tertiary/aromatic N) is 1. The molecule has 0 amide bonds. The van der Waals surface area contributed by atoms with E-state index in [-0.39, 0.29) is 36.4 Å². The molecule has 0 aliphatic heterocycles. The first-order chi connectivity index (χ1) is 5.00. The summed E-state index contributed by atoms with van der Waals surface area (Å²) in [6.07, 6.45) is 0. The van der Waals surface area contributed by atoms with E-state index < -0.39 is 0 Å². The molecule has 2 nitrogen and oxygen atoms in total. The van der Waals surface area contributed by atoms with Gasteiger partial charge in [0.05, 0.1) is 21.1 Å². The number of nitrogens with two attached hydrogens (primary N) is 1. The Morgan fingerprint density at radius 3 is 1.69 bits per heavy atom. The molecule has 1 aromatic carbocycles. The van der Waals surface area contributed by atoms with Crippen molar-refractivity contribution < 1.29 is 24.0 Å². The van der Waals surface area contributed by atoms with Crippen LogP contribution in [0.3, 0.4) is 0 Å². The molecule has 13 heavy (non-hydrogen) atoms. The number of benzene rings is 1. The minimum Gasteiger partial charge on any atom is -1.00 e. The molecule has 0 atom stereocenters. The zero-order chi connectivity index (χ0) is 8.48. The van der Waals surface area contributed by atoms with E-state index in [2.05, 4.69) is 33.3 Å². The van der Waals surface area contributed by atoms with Gasteiger partial charge in [0.1, 0.15) is 5.69 Å². The van der Waals surface area contributed by atoms with E-state index in [1.165, 1.54) is 5.69 Å². The minimum atomic E-state index is 0. The minimum absolute atomic E-state index is 0. The van der Waals surface area contributed by atoms with Gasteiger partial charge in [-0.15, -0.1) is 12.4 Å². The maximum atomic E-state index is 5.56. The molecule has 1 rings (SSSR count).